The number of sulfonamides is 1. The summed E-state index contributed by atoms with van der Waals surface area (Å²) >= 11 is 0. The number of rotatable bonds is 4. The number of ether oxygens (including phenoxy) is 1. The molecule has 172 valence electrons. The quantitative estimate of drug-likeness (QED) is 0.717. The highest BCUT2D eigenvalue weighted by Crippen LogP contribution is 2.34. The van der Waals surface area contributed by atoms with Crippen molar-refractivity contribution < 1.29 is 18.3 Å². The fourth-order valence-corrected chi connectivity index (χ4v) is 6.14. The molecule has 0 saturated heterocycles. The Hall–Kier alpha value is -1.59. The van der Waals surface area contributed by atoms with Gasteiger partial charge >= 0.3 is 0 Å². The van der Waals surface area contributed by atoms with Crippen molar-refractivity contribution in [2.24, 2.45) is 11.8 Å². The first-order valence-electron chi connectivity index (χ1n) is 11.3. The highest BCUT2D eigenvalue weighted by Gasteiger charge is 2.37. The van der Waals surface area contributed by atoms with Crippen molar-refractivity contribution in [3.8, 4) is 17.6 Å². The van der Waals surface area contributed by atoms with Gasteiger partial charge in [-0.05, 0) is 52.1 Å². The van der Waals surface area contributed by atoms with Crippen LogP contribution in [-0.2, 0) is 10.0 Å². The minimum Gasteiger partial charge on any atom is -0.487 e. The zero-order chi connectivity index (χ0) is 22.6. The molecule has 0 unspecified atom stereocenters. The first-order valence-corrected chi connectivity index (χ1v) is 12.8. The molecule has 1 N–H and O–H groups in total. The summed E-state index contributed by atoms with van der Waals surface area (Å²) in [6, 6.07) is 4.63. The van der Waals surface area contributed by atoms with Crippen LogP contribution in [0.1, 0.15) is 51.5 Å². The van der Waals surface area contributed by atoms with E-state index in [0.29, 0.717) is 24.8 Å². The van der Waals surface area contributed by atoms with Gasteiger partial charge in [0.25, 0.3) is 0 Å². The van der Waals surface area contributed by atoms with Crippen molar-refractivity contribution in [1.82, 2.24) is 9.21 Å². The third-order valence-corrected chi connectivity index (χ3v) is 8.26. The highest BCUT2D eigenvalue weighted by atomic mass is 32.2. The number of aliphatic hydroxyl groups excluding tert-OH is 1. The monoisotopic (exact) mass is 448 g/mol. The predicted molar refractivity (Wildman–Crippen MR) is 122 cm³/mol. The Balaban J connectivity index is 2.01. The van der Waals surface area contributed by atoms with E-state index in [-0.39, 0.29) is 23.5 Å². The lowest BCUT2D eigenvalue weighted by Crippen LogP contribution is -2.49. The molecule has 0 aromatic heterocycles. The number of hydrogen-bond acceptors (Lipinski definition) is 5. The molecule has 1 saturated carbocycles. The third kappa shape index (κ3) is 5.81. The molecule has 0 bridgehead atoms. The van der Waals surface area contributed by atoms with Gasteiger partial charge in [0.15, 0.2) is 0 Å². The molecular formula is C24H36N2O4S. The van der Waals surface area contributed by atoms with E-state index in [4.69, 9.17) is 4.74 Å². The molecule has 3 atom stereocenters. The molecule has 1 aromatic rings. The summed E-state index contributed by atoms with van der Waals surface area (Å²) in [5, 5.41) is 9.70. The number of likely N-dealkylation sites (N-methyl/N-ethyl adjacent to an activating group) is 1. The molecule has 0 amide bonds. The van der Waals surface area contributed by atoms with Crippen molar-refractivity contribution in [1.29, 1.82) is 0 Å². The number of benzene rings is 1. The first kappa shape index (κ1) is 24.1. The van der Waals surface area contributed by atoms with Gasteiger partial charge in [0, 0.05) is 36.5 Å². The Kier molecular flexibility index (Phi) is 8.03. The van der Waals surface area contributed by atoms with Crippen LogP contribution in [0.3, 0.4) is 0 Å². The third-order valence-electron chi connectivity index (χ3n) is 6.24. The Morgan fingerprint density at radius 3 is 2.61 bits per heavy atom. The fourth-order valence-electron chi connectivity index (χ4n) is 4.31. The largest absolute Gasteiger partial charge is 0.487 e. The molecular weight excluding hydrogens is 412 g/mol. The molecule has 1 fully saturated rings. The van der Waals surface area contributed by atoms with Gasteiger partial charge in [-0.15, -0.1) is 0 Å². The average molecular weight is 449 g/mol. The highest BCUT2D eigenvalue weighted by molar-refractivity contribution is 7.89. The molecule has 0 radical (unpaired) electrons. The number of hydrogen-bond donors (Lipinski definition) is 1. The van der Waals surface area contributed by atoms with Crippen LogP contribution in [0.5, 0.6) is 5.75 Å². The molecule has 3 rings (SSSR count). The summed E-state index contributed by atoms with van der Waals surface area (Å²) < 4.78 is 34.6. The van der Waals surface area contributed by atoms with E-state index < -0.39 is 16.1 Å². The van der Waals surface area contributed by atoms with Crippen molar-refractivity contribution in [2.75, 3.05) is 33.8 Å². The minimum absolute atomic E-state index is 0.0451. The summed E-state index contributed by atoms with van der Waals surface area (Å²) in [5.41, 5.74) is 0.776. The van der Waals surface area contributed by atoms with E-state index in [1.807, 2.05) is 25.9 Å². The number of nitrogens with zero attached hydrogens (tertiary/aromatic N) is 2. The lowest BCUT2D eigenvalue weighted by molar-refractivity contribution is 0.0812. The van der Waals surface area contributed by atoms with E-state index >= 15 is 0 Å². The molecule has 6 nitrogen and oxygen atoms in total. The maximum absolute atomic E-state index is 13.5. The lowest BCUT2D eigenvalue weighted by Gasteiger charge is -2.37. The van der Waals surface area contributed by atoms with Crippen LogP contribution >= 0.6 is 0 Å². The van der Waals surface area contributed by atoms with Crippen molar-refractivity contribution in [2.45, 2.75) is 63.0 Å². The van der Waals surface area contributed by atoms with Crippen LogP contribution in [0, 0.1) is 23.7 Å². The number of aliphatic hydroxyl groups is 1. The second-order valence-corrected chi connectivity index (χ2v) is 11.1. The van der Waals surface area contributed by atoms with Crippen molar-refractivity contribution >= 4 is 10.0 Å². The van der Waals surface area contributed by atoms with Gasteiger partial charge in [0.1, 0.15) is 16.7 Å². The fraction of sp³-hybridized carbons (Fsp3) is 0.667. The van der Waals surface area contributed by atoms with Gasteiger partial charge < -0.3 is 14.7 Å². The van der Waals surface area contributed by atoms with Crippen molar-refractivity contribution in [3.05, 3.63) is 23.8 Å². The van der Waals surface area contributed by atoms with Crippen LogP contribution in [0.25, 0.3) is 0 Å². The van der Waals surface area contributed by atoms with Crippen LogP contribution in [0.2, 0.25) is 0 Å². The van der Waals surface area contributed by atoms with Crippen LogP contribution in [0.15, 0.2) is 23.1 Å². The van der Waals surface area contributed by atoms with Gasteiger partial charge in [0.2, 0.25) is 10.0 Å². The Morgan fingerprint density at radius 1 is 1.26 bits per heavy atom. The molecule has 31 heavy (non-hydrogen) atoms. The lowest BCUT2D eigenvalue weighted by atomic mass is 9.90. The molecule has 1 aliphatic carbocycles. The van der Waals surface area contributed by atoms with Gasteiger partial charge in [-0.25, -0.2) is 8.42 Å². The van der Waals surface area contributed by atoms with Crippen LogP contribution < -0.4 is 4.74 Å². The summed E-state index contributed by atoms with van der Waals surface area (Å²) in [4.78, 5) is 2.19. The van der Waals surface area contributed by atoms with E-state index in [9.17, 15) is 13.5 Å². The van der Waals surface area contributed by atoms with Gasteiger partial charge in [-0.2, -0.15) is 4.31 Å². The molecule has 0 spiro atoms. The molecule has 1 aromatic carbocycles. The van der Waals surface area contributed by atoms with Gasteiger partial charge in [-0.1, -0.05) is 38.0 Å². The molecule has 1 heterocycles. The summed E-state index contributed by atoms with van der Waals surface area (Å²) in [6.45, 7) is 4.46. The molecule has 1 aliphatic heterocycles. The zero-order valence-corrected chi connectivity index (χ0v) is 20.0. The normalized spacial score (nSPS) is 25.5. The predicted octanol–water partition coefficient (Wildman–Crippen LogP) is 2.95. The molecule has 7 heteroatoms. The van der Waals surface area contributed by atoms with E-state index in [1.54, 1.807) is 25.1 Å². The van der Waals surface area contributed by atoms with Crippen LogP contribution in [0.4, 0.5) is 0 Å². The second-order valence-electron chi connectivity index (χ2n) is 9.27. The van der Waals surface area contributed by atoms with Gasteiger partial charge in [0.05, 0.1) is 6.61 Å². The maximum Gasteiger partial charge on any atom is 0.247 e. The minimum atomic E-state index is -3.80. The Morgan fingerprint density at radius 2 is 1.97 bits per heavy atom. The SMILES string of the molecule is C[C@H](CO)N1C[C@H](C)[C@H](CN(C)C)Oc2cc(C#CC3CCCCC3)ccc2S1(=O)=O. The van der Waals surface area contributed by atoms with Gasteiger partial charge in [-0.3, -0.25) is 0 Å². The average Bonchev–Trinajstić information content (AvgIpc) is 2.74. The summed E-state index contributed by atoms with van der Waals surface area (Å²) in [5.74, 6) is 7.35. The van der Waals surface area contributed by atoms with E-state index in [1.165, 1.54) is 23.6 Å². The van der Waals surface area contributed by atoms with E-state index in [2.05, 4.69) is 11.8 Å². The smallest absolute Gasteiger partial charge is 0.247 e. The molecule has 2 aliphatic rings. The zero-order valence-electron chi connectivity index (χ0n) is 19.2. The summed E-state index contributed by atoms with van der Waals surface area (Å²) in [6.07, 6.45) is 5.84. The van der Waals surface area contributed by atoms with Crippen LogP contribution in [-0.4, -0.2) is 68.7 Å². The first-order chi connectivity index (χ1) is 14.7. The Labute approximate surface area is 187 Å². The second kappa shape index (κ2) is 10.4. The standard InChI is InChI=1S/C24H36N2O4S/c1-18-15-26(19(2)17-27)31(28,29)24-13-12-21(11-10-20-8-6-5-7-9-20)14-22(24)30-23(18)16-25(3)4/h12-14,18-20,23,27H,5-9,15-17H2,1-4H3/t18-,19+,23-/m0/s1. The topological polar surface area (TPSA) is 70.1 Å². The maximum atomic E-state index is 13.5. The van der Waals surface area contributed by atoms with E-state index in [0.717, 1.165) is 18.4 Å². The Bertz CT molecular complexity index is 913. The van der Waals surface area contributed by atoms with Crippen molar-refractivity contribution in [3.63, 3.8) is 0 Å². The summed E-state index contributed by atoms with van der Waals surface area (Å²) in [7, 11) is 0.153. The number of fused-ring (bicyclic) bond motifs is 1.